The van der Waals surface area contributed by atoms with Crippen LogP contribution in [0.25, 0.3) is 0 Å². The lowest BCUT2D eigenvalue weighted by Gasteiger charge is -2.07. The Morgan fingerprint density at radius 3 is 2.55 bits per heavy atom. The smallest absolute Gasteiger partial charge is 0.338 e. The lowest BCUT2D eigenvalue weighted by atomic mass is 10.2. The number of hydrogen-bond acceptors (Lipinski definition) is 3. The summed E-state index contributed by atoms with van der Waals surface area (Å²) in [5.74, 6) is 0.425. The van der Waals surface area contributed by atoms with Crippen molar-refractivity contribution in [1.29, 1.82) is 0 Å². The normalized spacial score (nSPS) is 10.1. The molecule has 0 saturated heterocycles. The van der Waals surface area contributed by atoms with Gasteiger partial charge in [-0.25, -0.2) is 4.79 Å². The monoisotopic (exact) mass is 382 g/mol. The Balaban J connectivity index is 1.95. The molecule has 0 bridgehead atoms. The second-order valence-corrected chi connectivity index (χ2v) is 5.41. The highest BCUT2D eigenvalue weighted by Crippen LogP contribution is 2.16. The van der Waals surface area contributed by atoms with E-state index in [2.05, 4.69) is 28.7 Å². The van der Waals surface area contributed by atoms with Gasteiger partial charge in [0.15, 0.2) is 0 Å². The lowest BCUT2D eigenvalue weighted by molar-refractivity contribution is 0.0526. The first kappa shape index (κ1) is 14.8. The van der Waals surface area contributed by atoms with Crippen LogP contribution in [-0.2, 0) is 11.3 Å². The molecule has 0 unspecified atom stereocenters. The number of benzene rings is 2. The van der Waals surface area contributed by atoms with Crippen molar-refractivity contribution in [1.82, 2.24) is 0 Å². The fourth-order valence-electron chi connectivity index (χ4n) is 1.70. The van der Waals surface area contributed by atoms with Gasteiger partial charge in [-0.15, -0.1) is 0 Å². The first-order chi connectivity index (χ1) is 9.69. The van der Waals surface area contributed by atoms with Crippen molar-refractivity contribution in [3.05, 3.63) is 63.2 Å². The molecule has 2 aromatic rings. The first-order valence-corrected chi connectivity index (χ1v) is 7.41. The van der Waals surface area contributed by atoms with E-state index in [0.29, 0.717) is 18.8 Å². The Morgan fingerprint density at radius 2 is 1.90 bits per heavy atom. The summed E-state index contributed by atoms with van der Waals surface area (Å²) in [5, 5.41) is 0. The molecule has 0 spiro atoms. The zero-order valence-electron chi connectivity index (χ0n) is 11.1. The molecule has 3 nitrogen and oxygen atoms in total. The molecule has 0 saturated carbocycles. The maximum absolute atomic E-state index is 11.5. The second kappa shape index (κ2) is 7.28. The standard InChI is InChI=1S/C16H15IO3/c1-2-19-16(18)13-6-8-15(9-7-13)20-11-12-4-3-5-14(17)10-12/h3-10H,2,11H2,1H3. The third kappa shape index (κ3) is 4.23. The van der Waals surface area contributed by atoms with E-state index in [1.165, 1.54) is 3.57 Å². The highest BCUT2D eigenvalue weighted by Gasteiger charge is 2.05. The summed E-state index contributed by atoms with van der Waals surface area (Å²) in [6, 6.07) is 15.1. The largest absolute Gasteiger partial charge is 0.489 e. The molecular formula is C16H15IO3. The van der Waals surface area contributed by atoms with Crippen molar-refractivity contribution in [2.75, 3.05) is 6.61 Å². The van der Waals surface area contributed by atoms with E-state index >= 15 is 0 Å². The van der Waals surface area contributed by atoms with Crippen LogP contribution >= 0.6 is 22.6 Å². The Morgan fingerprint density at radius 1 is 1.15 bits per heavy atom. The molecule has 104 valence electrons. The van der Waals surface area contributed by atoms with Crippen LogP contribution in [0.1, 0.15) is 22.8 Å². The Hall–Kier alpha value is -1.56. The summed E-state index contributed by atoms with van der Waals surface area (Å²) in [6.07, 6.45) is 0. The van der Waals surface area contributed by atoms with Gasteiger partial charge < -0.3 is 9.47 Å². The Kier molecular flexibility index (Phi) is 5.40. The second-order valence-electron chi connectivity index (χ2n) is 4.16. The van der Waals surface area contributed by atoms with Crippen LogP contribution in [0.4, 0.5) is 0 Å². The number of carbonyl (C=O) groups is 1. The van der Waals surface area contributed by atoms with E-state index in [-0.39, 0.29) is 5.97 Å². The minimum atomic E-state index is -0.309. The van der Waals surface area contributed by atoms with Crippen molar-refractivity contribution in [3.63, 3.8) is 0 Å². The molecule has 0 aromatic heterocycles. The third-order valence-electron chi connectivity index (χ3n) is 2.66. The van der Waals surface area contributed by atoms with Crippen LogP contribution in [0.5, 0.6) is 5.75 Å². The fourth-order valence-corrected chi connectivity index (χ4v) is 2.30. The maximum atomic E-state index is 11.5. The van der Waals surface area contributed by atoms with Crippen molar-refractivity contribution < 1.29 is 14.3 Å². The van der Waals surface area contributed by atoms with E-state index in [4.69, 9.17) is 9.47 Å². The molecule has 20 heavy (non-hydrogen) atoms. The summed E-state index contributed by atoms with van der Waals surface area (Å²) < 4.78 is 11.8. The van der Waals surface area contributed by atoms with Gasteiger partial charge in [0, 0.05) is 3.57 Å². The van der Waals surface area contributed by atoms with Crippen LogP contribution in [0.3, 0.4) is 0 Å². The SMILES string of the molecule is CCOC(=O)c1ccc(OCc2cccc(I)c2)cc1. The minimum Gasteiger partial charge on any atom is -0.489 e. The minimum absolute atomic E-state index is 0.309. The number of ether oxygens (including phenoxy) is 2. The molecule has 0 N–H and O–H groups in total. The molecule has 0 aliphatic rings. The molecule has 0 amide bonds. The number of hydrogen-bond donors (Lipinski definition) is 0. The van der Waals surface area contributed by atoms with Gasteiger partial charge >= 0.3 is 5.97 Å². The van der Waals surface area contributed by atoms with Crippen LogP contribution in [0.15, 0.2) is 48.5 Å². The molecule has 2 aromatic carbocycles. The van der Waals surface area contributed by atoms with Crippen molar-refractivity contribution >= 4 is 28.6 Å². The Bertz CT molecular complexity index is 579. The average molecular weight is 382 g/mol. The summed E-state index contributed by atoms with van der Waals surface area (Å²) in [6.45, 7) is 2.68. The topological polar surface area (TPSA) is 35.5 Å². The van der Waals surface area contributed by atoms with Crippen molar-refractivity contribution in [2.24, 2.45) is 0 Å². The van der Waals surface area contributed by atoms with Crippen molar-refractivity contribution in [2.45, 2.75) is 13.5 Å². The number of esters is 1. The van der Waals surface area contributed by atoms with Gasteiger partial charge in [-0.05, 0) is 71.5 Å². The summed E-state index contributed by atoms with van der Waals surface area (Å²) in [7, 11) is 0. The fraction of sp³-hybridized carbons (Fsp3) is 0.188. The summed E-state index contributed by atoms with van der Waals surface area (Å²) in [5.41, 5.74) is 1.65. The van der Waals surface area contributed by atoms with Crippen LogP contribution in [0.2, 0.25) is 0 Å². The van der Waals surface area contributed by atoms with Gasteiger partial charge in [0.1, 0.15) is 12.4 Å². The molecule has 0 atom stereocenters. The maximum Gasteiger partial charge on any atom is 0.338 e. The van der Waals surface area contributed by atoms with Gasteiger partial charge in [0.2, 0.25) is 0 Å². The quantitative estimate of drug-likeness (QED) is 0.578. The van der Waals surface area contributed by atoms with E-state index < -0.39 is 0 Å². The van der Waals surface area contributed by atoms with Crippen LogP contribution < -0.4 is 4.74 Å². The first-order valence-electron chi connectivity index (χ1n) is 6.33. The highest BCUT2D eigenvalue weighted by molar-refractivity contribution is 14.1. The molecule has 0 heterocycles. The molecule has 4 heteroatoms. The van der Waals surface area contributed by atoms with Crippen molar-refractivity contribution in [3.8, 4) is 5.75 Å². The number of rotatable bonds is 5. The number of carbonyl (C=O) groups excluding carboxylic acids is 1. The van der Waals surface area contributed by atoms with E-state index in [1.54, 1.807) is 31.2 Å². The zero-order chi connectivity index (χ0) is 14.4. The van der Waals surface area contributed by atoms with E-state index in [9.17, 15) is 4.79 Å². The van der Waals surface area contributed by atoms with Gasteiger partial charge in [-0.1, -0.05) is 12.1 Å². The predicted molar refractivity (Wildman–Crippen MR) is 85.9 cm³/mol. The molecule has 0 fully saturated rings. The number of halogens is 1. The zero-order valence-corrected chi connectivity index (χ0v) is 13.3. The van der Waals surface area contributed by atoms with Gasteiger partial charge in [0.25, 0.3) is 0 Å². The van der Waals surface area contributed by atoms with Crippen LogP contribution in [0, 0.1) is 3.57 Å². The molecule has 0 radical (unpaired) electrons. The average Bonchev–Trinajstić information content (AvgIpc) is 2.46. The summed E-state index contributed by atoms with van der Waals surface area (Å²) >= 11 is 2.27. The third-order valence-corrected chi connectivity index (χ3v) is 3.33. The van der Waals surface area contributed by atoms with Gasteiger partial charge in [0.05, 0.1) is 12.2 Å². The molecular weight excluding hydrogens is 367 g/mol. The van der Waals surface area contributed by atoms with Gasteiger partial charge in [-0.2, -0.15) is 0 Å². The molecule has 0 aliphatic heterocycles. The lowest BCUT2D eigenvalue weighted by Crippen LogP contribution is -2.04. The molecule has 0 aliphatic carbocycles. The predicted octanol–water partition coefficient (Wildman–Crippen LogP) is 4.05. The van der Waals surface area contributed by atoms with E-state index in [1.807, 2.05) is 18.2 Å². The van der Waals surface area contributed by atoms with Crippen LogP contribution in [-0.4, -0.2) is 12.6 Å². The summed E-state index contributed by atoms with van der Waals surface area (Å²) in [4.78, 5) is 11.5. The van der Waals surface area contributed by atoms with E-state index in [0.717, 1.165) is 11.3 Å². The van der Waals surface area contributed by atoms with Gasteiger partial charge in [-0.3, -0.25) is 0 Å². The highest BCUT2D eigenvalue weighted by atomic mass is 127. The molecule has 2 rings (SSSR count). The Labute approximate surface area is 132 Å².